The molecule has 1 aromatic heterocycles. The van der Waals surface area contributed by atoms with E-state index in [0.29, 0.717) is 6.04 Å². The van der Waals surface area contributed by atoms with Crippen LogP contribution in [0.2, 0.25) is 0 Å². The minimum atomic E-state index is 0.0363. The van der Waals surface area contributed by atoms with Gasteiger partial charge in [-0.3, -0.25) is 0 Å². The van der Waals surface area contributed by atoms with Crippen molar-refractivity contribution in [2.75, 3.05) is 19.1 Å². The first-order valence-electron chi connectivity index (χ1n) is 7.09. The Morgan fingerprint density at radius 2 is 2.05 bits per heavy atom. The molecule has 0 amide bonds. The number of hydrogen-bond acceptors (Lipinski definition) is 5. The van der Waals surface area contributed by atoms with E-state index >= 15 is 0 Å². The van der Waals surface area contributed by atoms with E-state index in [9.17, 15) is 0 Å². The molecule has 2 aromatic rings. The van der Waals surface area contributed by atoms with Crippen molar-refractivity contribution < 1.29 is 4.74 Å². The first-order chi connectivity index (χ1) is 10.0. The van der Waals surface area contributed by atoms with E-state index in [2.05, 4.69) is 29.9 Å². The Morgan fingerprint density at radius 1 is 1.33 bits per heavy atom. The van der Waals surface area contributed by atoms with Crippen molar-refractivity contribution in [3.05, 3.63) is 40.9 Å². The first kappa shape index (κ1) is 15.8. The van der Waals surface area contributed by atoms with Gasteiger partial charge in [-0.25, -0.2) is 4.98 Å². The largest absolute Gasteiger partial charge is 0.496 e. The molecule has 0 aliphatic heterocycles. The maximum absolute atomic E-state index is 5.90. The Kier molecular flexibility index (Phi) is 5.20. The molecule has 5 heteroatoms. The number of thiazole rings is 1. The number of anilines is 1. The number of likely N-dealkylation sites (N-methyl/N-ethyl adjacent to an activating group) is 1. The number of ether oxygens (including phenoxy) is 1. The van der Waals surface area contributed by atoms with E-state index in [1.54, 1.807) is 18.4 Å². The molecule has 1 aromatic carbocycles. The zero-order chi connectivity index (χ0) is 15.4. The van der Waals surface area contributed by atoms with E-state index in [-0.39, 0.29) is 6.04 Å². The van der Waals surface area contributed by atoms with Gasteiger partial charge in [-0.1, -0.05) is 18.2 Å². The lowest BCUT2D eigenvalue weighted by Gasteiger charge is -2.25. The van der Waals surface area contributed by atoms with Crippen molar-refractivity contribution in [3.8, 4) is 5.75 Å². The van der Waals surface area contributed by atoms with Gasteiger partial charge in [-0.05, 0) is 31.9 Å². The lowest BCUT2D eigenvalue weighted by atomic mass is 10.1. The summed E-state index contributed by atoms with van der Waals surface area (Å²) in [5.74, 6) is 0.938. The first-order valence-corrected chi connectivity index (χ1v) is 7.90. The molecule has 0 radical (unpaired) electrons. The molecule has 0 saturated carbocycles. The SMILES string of the molecule is COc1ccccc1CC(C)N(C)c1ncc(C(C)N)s1. The average molecular weight is 305 g/mol. The Balaban J connectivity index is 2.09. The van der Waals surface area contributed by atoms with E-state index in [1.807, 2.05) is 31.3 Å². The molecule has 0 bridgehead atoms. The second kappa shape index (κ2) is 6.91. The number of rotatable bonds is 6. The fraction of sp³-hybridized carbons (Fsp3) is 0.438. The van der Waals surface area contributed by atoms with Crippen molar-refractivity contribution in [3.63, 3.8) is 0 Å². The summed E-state index contributed by atoms with van der Waals surface area (Å²) in [6.07, 6.45) is 2.78. The van der Waals surface area contributed by atoms with Gasteiger partial charge in [0.1, 0.15) is 5.75 Å². The summed E-state index contributed by atoms with van der Waals surface area (Å²) in [6, 6.07) is 8.51. The third kappa shape index (κ3) is 3.74. The van der Waals surface area contributed by atoms with Crippen LogP contribution in [0.1, 0.15) is 30.3 Å². The standard InChI is InChI=1S/C16H23N3OS/c1-11(9-13-7-5-6-8-14(13)20-4)19(3)16-18-10-15(21-16)12(2)17/h5-8,10-12H,9,17H2,1-4H3. The molecular weight excluding hydrogens is 282 g/mol. The number of methoxy groups -OCH3 is 1. The summed E-state index contributed by atoms with van der Waals surface area (Å²) in [7, 11) is 3.78. The second-order valence-corrected chi connectivity index (χ2v) is 6.35. The normalized spacial score (nSPS) is 13.8. The van der Waals surface area contributed by atoms with E-state index in [0.717, 1.165) is 22.2 Å². The maximum atomic E-state index is 5.90. The molecule has 4 nitrogen and oxygen atoms in total. The number of nitrogens with zero attached hydrogens (tertiary/aromatic N) is 2. The monoisotopic (exact) mass is 305 g/mol. The molecule has 21 heavy (non-hydrogen) atoms. The van der Waals surface area contributed by atoms with Gasteiger partial charge in [0.2, 0.25) is 0 Å². The second-order valence-electron chi connectivity index (χ2n) is 5.31. The smallest absolute Gasteiger partial charge is 0.185 e. The summed E-state index contributed by atoms with van der Waals surface area (Å²) < 4.78 is 5.42. The van der Waals surface area contributed by atoms with Crippen LogP contribution in [-0.2, 0) is 6.42 Å². The molecule has 2 unspecified atom stereocenters. The van der Waals surface area contributed by atoms with Gasteiger partial charge in [0.25, 0.3) is 0 Å². The lowest BCUT2D eigenvalue weighted by Crippen LogP contribution is -2.30. The molecule has 2 atom stereocenters. The van der Waals surface area contributed by atoms with Crippen LogP contribution >= 0.6 is 11.3 Å². The van der Waals surface area contributed by atoms with Gasteiger partial charge in [0.05, 0.1) is 7.11 Å². The number of hydrogen-bond donors (Lipinski definition) is 1. The van der Waals surface area contributed by atoms with Crippen molar-refractivity contribution >= 4 is 16.5 Å². The van der Waals surface area contributed by atoms with Crippen LogP contribution in [0, 0.1) is 0 Å². The topological polar surface area (TPSA) is 51.4 Å². The molecule has 2 N–H and O–H groups in total. The van der Waals surface area contributed by atoms with Gasteiger partial charge in [0.15, 0.2) is 5.13 Å². The number of para-hydroxylation sites is 1. The molecule has 0 aliphatic rings. The highest BCUT2D eigenvalue weighted by Crippen LogP contribution is 2.28. The minimum Gasteiger partial charge on any atom is -0.496 e. The van der Waals surface area contributed by atoms with Crippen LogP contribution in [0.4, 0.5) is 5.13 Å². The van der Waals surface area contributed by atoms with Gasteiger partial charge < -0.3 is 15.4 Å². The minimum absolute atomic E-state index is 0.0363. The maximum Gasteiger partial charge on any atom is 0.185 e. The molecule has 0 saturated heterocycles. The van der Waals surface area contributed by atoms with E-state index in [4.69, 9.17) is 10.5 Å². The van der Waals surface area contributed by atoms with Gasteiger partial charge in [0, 0.05) is 30.2 Å². The fourth-order valence-electron chi connectivity index (χ4n) is 2.17. The molecule has 0 spiro atoms. The summed E-state index contributed by atoms with van der Waals surface area (Å²) >= 11 is 1.66. The van der Waals surface area contributed by atoms with Crippen LogP contribution in [0.15, 0.2) is 30.5 Å². The Hall–Kier alpha value is -1.59. The fourth-order valence-corrected chi connectivity index (χ4v) is 3.10. The quantitative estimate of drug-likeness (QED) is 0.890. The Morgan fingerprint density at radius 3 is 2.67 bits per heavy atom. The molecule has 0 aliphatic carbocycles. The van der Waals surface area contributed by atoms with Crippen molar-refractivity contribution in [2.45, 2.75) is 32.4 Å². The lowest BCUT2D eigenvalue weighted by molar-refractivity contribution is 0.408. The highest BCUT2D eigenvalue weighted by Gasteiger charge is 2.16. The summed E-state index contributed by atoms with van der Waals surface area (Å²) in [5.41, 5.74) is 7.11. The van der Waals surface area contributed by atoms with Crippen LogP contribution in [0.5, 0.6) is 5.75 Å². The highest BCUT2D eigenvalue weighted by molar-refractivity contribution is 7.15. The molecule has 1 heterocycles. The molecule has 114 valence electrons. The van der Waals surface area contributed by atoms with Gasteiger partial charge >= 0.3 is 0 Å². The van der Waals surface area contributed by atoms with E-state index in [1.165, 1.54) is 5.56 Å². The van der Waals surface area contributed by atoms with Crippen molar-refractivity contribution in [2.24, 2.45) is 5.73 Å². The highest BCUT2D eigenvalue weighted by atomic mass is 32.1. The molecule has 0 fully saturated rings. The van der Waals surface area contributed by atoms with Crippen LogP contribution in [0.3, 0.4) is 0 Å². The van der Waals surface area contributed by atoms with Gasteiger partial charge in [-0.15, -0.1) is 11.3 Å². The number of aromatic nitrogens is 1. The predicted octanol–water partition coefficient (Wildman–Crippen LogP) is 3.24. The third-order valence-corrected chi connectivity index (χ3v) is 4.92. The Labute approximate surface area is 130 Å². The summed E-state index contributed by atoms with van der Waals surface area (Å²) in [5, 5.41) is 1.00. The predicted molar refractivity (Wildman–Crippen MR) is 89.3 cm³/mol. The average Bonchev–Trinajstić information content (AvgIpc) is 2.97. The van der Waals surface area contributed by atoms with Crippen molar-refractivity contribution in [1.82, 2.24) is 4.98 Å². The van der Waals surface area contributed by atoms with Crippen molar-refractivity contribution in [1.29, 1.82) is 0 Å². The van der Waals surface area contributed by atoms with E-state index < -0.39 is 0 Å². The van der Waals surface area contributed by atoms with Gasteiger partial charge in [-0.2, -0.15) is 0 Å². The number of nitrogens with two attached hydrogens (primary N) is 1. The molecule has 2 rings (SSSR count). The van der Waals surface area contributed by atoms with Crippen LogP contribution < -0.4 is 15.4 Å². The Bertz CT molecular complexity index is 582. The zero-order valence-corrected chi connectivity index (χ0v) is 13.9. The third-order valence-electron chi connectivity index (χ3n) is 3.63. The van der Waals surface area contributed by atoms with Crippen LogP contribution in [-0.4, -0.2) is 25.2 Å². The summed E-state index contributed by atoms with van der Waals surface area (Å²) in [6.45, 7) is 4.18. The zero-order valence-electron chi connectivity index (χ0n) is 13.0. The van der Waals surface area contributed by atoms with Crippen LogP contribution in [0.25, 0.3) is 0 Å². The molecular formula is C16H23N3OS. The summed E-state index contributed by atoms with van der Waals surface area (Å²) in [4.78, 5) is 7.79. The number of benzene rings is 1.